The Balaban J connectivity index is 2.58. The summed E-state index contributed by atoms with van der Waals surface area (Å²) >= 11 is 1.76. The fraction of sp³-hybridized carbons (Fsp3) is 0.368. The van der Waals surface area contributed by atoms with Crippen molar-refractivity contribution in [2.24, 2.45) is 5.73 Å². The Labute approximate surface area is 155 Å². The minimum Gasteiger partial charge on any atom is -0.401 e. The van der Waals surface area contributed by atoms with Crippen LogP contribution in [0.5, 0.6) is 0 Å². The first-order valence-corrected chi connectivity index (χ1v) is 9.21. The molecule has 0 spiro atoms. The number of hydrogen-bond acceptors (Lipinski definition) is 5. The zero-order valence-electron chi connectivity index (χ0n) is 15.0. The highest BCUT2D eigenvalue weighted by atomic mass is 32.2. The molecule has 0 aliphatic carbocycles. The average molecular weight is 365 g/mol. The molecule has 3 N–H and O–H groups in total. The summed E-state index contributed by atoms with van der Waals surface area (Å²) in [6.45, 7) is 14.8. The highest BCUT2D eigenvalue weighted by Gasteiger charge is 2.12. The summed E-state index contributed by atoms with van der Waals surface area (Å²) in [5, 5.41) is 1.55. The largest absolute Gasteiger partial charge is 0.401 e. The van der Waals surface area contributed by atoms with Gasteiger partial charge in [-0.2, -0.15) is 0 Å². The van der Waals surface area contributed by atoms with Crippen molar-refractivity contribution in [1.82, 2.24) is 14.7 Å². The number of hydrogen-bond donors (Lipinski definition) is 2. The molecule has 0 unspecified atom stereocenters. The number of alkyl halides is 1. The SMILES string of the molecule is C=C(N)CN(NC(=C)CN(CCC)SCc1ccccc1)C(=C)CF. The maximum atomic E-state index is 12.9. The van der Waals surface area contributed by atoms with E-state index in [2.05, 4.69) is 48.5 Å². The van der Waals surface area contributed by atoms with Gasteiger partial charge in [0.15, 0.2) is 0 Å². The van der Waals surface area contributed by atoms with Crippen LogP contribution in [0.25, 0.3) is 0 Å². The monoisotopic (exact) mass is 364 g/mol. The van der Waals surface area contributed by atoms with Crippen LogP contribution in [0.1, 0.15) is 18.9 Å². The van der Waals surface area contributed by atoms with Gasteiger partial charge in [0.1, 0.15) is 6.67 Å². The van der Waals surface area contributed by atoms with Crippen molar-refractivity contribution in [3.05, 3.63) is 72.7 Å². The van der Waals surface area contributed by atoms with Crippen LogP contribution < -0.4 is 11.2 Å². The number of nitrogens with zero attached hydrogens (tertiary/aromatic N) is 2. The molecule has 0 fully saturated rings. The molecule has 138 valence electrons. The minimum absolute atomic E-state index is 0.284. The standard InChI is InChI=1S/C19H29FN4S/c1-5-11-23(25-15-19-9-7-6-8-10-19)14-17(3)22-24(13-16(2)21)18(4)12-20/h6-10,22H,2-5,11-15,21H2,1H3. The van der Waals surface area contributed by atoms with Gasteiger partial charge in [-0.25, -0.2) is 8.70 Å². The molecule has 0 atom stereocenters. The summed E-state index contributed by atoms with van der Waals surface area (Å²) in [5.74, 6) is 0.897. The number of allylic oxidation sites excluding steroid dienone is 1. The number of nitrogens with two attached hydrogens (primary N) is 1. The second kappa shape index (κ2) is 11.6. The Kier molecular flexibility index (Phi) is 9.80. The number of hydrazine groups is 1. The quantitative estimate of drug-likeness (QED) is 0.411. The van der Waals surface area contributed by atoms with Crippen molar-refractivity contribution in [2.75, 3.05) is 26.3 Å². The Bertz CT molecular complexity index is 562. The lowest BCUT2D eigenvalue weighted by Gasteiger charge is -2.30. The van der Waals surface area contributed by atoms with E-state index < -0.39 is 6.67 Å². The summed E-state index contributed by atoms with van der Waals surface area (Å²) in [7, 11) is 0. The van der Waals surface area contributed by atoms with E-state index >= 15 is 0 Å². The first-order chi connectivity index (χ1) is 12.0. The van der Waals surface area contributed by atoms with Crippen LogP contribution in [-0.2, 0) is 5.75 Å². The molecule has 0 heterocycles. The second-order valence-corrected chi connectivity index (χ2v) is 6.85. The molecular formula is C19H29FN4S. The fourth-order valence-corrected chi connectivity index (χ4v) is 3.21. The number of benzene rings is 1. The molecular weight excluding hydrogens is 335 g/mol. The Morgan fingerprint density at radius 3 is 2.44 bits per heavy atom. The van der Waals surface area contributed by atoms with Crippen molar-refractivity contribution in [1.29, 1.82) is 0 Å². The van der Waals surface area contributed by atoms with E-state index in [-0.39, 0.29) is 6.54 Å². The van der Waals surface area contributed by atoms with Gasteiger partial charge in [-0.05, 0) is 12.0 Å². The molecule has 0 aliphatic rings. The van der Waals surface area contributed by atoms with Crippen LogP contribution >= 0.6 is 11.9 Å². The Morgan fingerprint density at radius 2 is 1.88 bits per heavy atom. The average Bonchev–Trinajstić information content (AvgIpc) is 2.59. The predicted molar refractivity (Wildman–Crippen MR) is 107 cm³/mol. The normalized spacial score (nSPS) is 10.5. The van der Waals surface area contributed by atoms with Gasteiger partial charge in [-0.15, -0.1) is 0 Å². The van der Waals surface area contributed by atoms with Gasteiger partial charge >= 0.3 is 0 Å². The van der Waals surface area contributed by atoms with E-state index in [9.17, 15) is 4.39 Å². The molecule has 0 saturated heterocycles. The van der Waals surface area contributed by atoms with E-state index in [0.717, 1.165) is 24.4 Å². The maximum absolute atomic E-state index is 12.9. The van der Waals surface area contributed by atoms with Crippen LogP contribution in [0.4, 0.5) is 4.39 Å². The van der Waals surface area contributed by atoms with E-state index in [1.165, 1.54) is 5.56 Å². The molecule has 0 amide bonds. The van der Waals surface area contributed by atoms with Gasteiger partial charge in [0.2, 0.25) is 0 Å². The summed E-state index contributed by atoms with van der Waals surface area (Å²) < 4.78 is 15.2. The Hall–Kier alpha value is -1.92. The molecule has 1 rings (SSSR count). The Morgan fingerprint density at radius 1 is 1.20 bits per heavy atom. The van der Waals surface area contributed by atoms with Crippen molar-refractivity contribution >= 4 is 11.9 Å². The van der Waals surface area contributed by atoms with E-state index in [4.69, 9.17) is 5.73 Å². The third-order valence-electron chi connectivity index (χ3n) is 3.29. The van der Waals surface area contributed by atoms with Crippen LogP contribution in [0.3, 0.4) is 0 Å². The van der Waals surface area contributed by atoms with Gasteiger partial charge in [0.05, 0.1) is 18.8 Å². The van der Waals surface area contributed by atoms with Crippen LogP contribution in [0.2, 0.25) is 0 Å². The van der Waals surface area contributed by atoms with Gasteiger partial charge in [-0.3, -0.25) is 5.01 Å². The van der Waals surface area contributed by atoms with Gasteiger partial charge in [-0.1, -0.05) is 68.9 Å². The zero-order valence-corrected chi connectivity index (χ0v) is 15.8. The molecule has 1 aromatic rings. The lowest BCUT2D eigenvalue weighted by atomic mass is 10.2. The van der Waals surface area contributed by atoms with Crippen LogP contribution in [0, 0.1) is 0 Å². The van der Waals surface area contributed by atoms with E-state index in [0.29, 0.717) is 17.9 Å². The third kappa shape index (κ3) is 8.65. The molecule has 0 radical (unpaired) electrons. The molecule has 0 aromatic heterocycles. The molecule has 4 nitrogen and oxygen atoms in total. The smallest absolute Gasteiger partial charge is 0.130 e. The summed E-state index contributed by atoms with van der Waals surface area (Å²) in [6, 6.07) is 10.3. The first-order valence-electron chi connectivity index (χ1n) is 8.27. The lowest BCUT2D eigenvalue weighted by Crippen LogP contribution is -2.41. The van der Waals surface area contributed by atoms with Gasteiger partial charge < -0.3 is 11.2 Å². The summed E-state index contributed by atoms with van der Waals surface area (Å²) in [6.07, 6.45) is 1.04. The minimum atomic E-state index is -0.658. The zero-order chi connectivity index (χ0) is 18.7. The molecule has 25 heavy (non-hydrogen) atoms. The molecule has 0 aliphatic heterocycles. The van der Waals surface area contributed by atoms with E-state index in [1.807, 2.05) is 18.2 Å². The molecule has 1 aromatic carbocycles. The highest BCUT2D eigenvalue weighted by Crippen LogP contribution is 2.18. The van der Waals surface area contributed by atoms with Crippen molar-refractivity contribution < 1.29 is 4.39 Å². The molecule has 6 heteroatoms. The van der Waals surface area contributed by atoms with Crippen molar-refractivity contribution in [2.45, 2.75) is 19.1 Å². The summed E-state index contributed by atoms with van der Waals surface area (Å²) in [4.78, 5) is 0. The maximum Gasteiger partial charge on any atom is 0.130 e. The number of halogens is 1. The molecule has 0 bridgehead atoms. The van der Waals surface area contributed by atoms with E-state index in [1.54, 1.807) is 17.0 Å². The van der Waals surface area contributed by atoms with Gasteiger partial charge in [0.25, 0.3) is 0 Å². The summed E-state index contributed by atoms with van der Waals surface area (Å²) in [5.41, 5.74) is 11.5. The highest BCUT2D eigenvalue weighted by molar-refractivity contribution is 7.96. The number of rotatable bonds is 13. The molecule has 0 saturated carbocycles. The van der Waals surface area contributed by atoms with Crippen LogP contribution in [-0.4, -0.2) is 35.6 Å². The second-order valence-electron chi connectivity index (χ2n) is 5.78. The topological polar surface area (TPSA) is 44.5 Å². The fourth-order valence-electron chi connectivity index (χ4n) is 2.12. The van der Waals surface area contributed by atoms with Crippen molar-refractivity contribution in [3.8, 4) is 0 Å². The van der Waals surface area contributed by atoms with Crippen molar-refractivity contribution in [3.63, 3.8) is 0 Å². The predicted octanol–water partition coefficient (Wildman–Crippen LogP) is 3.82. The number of nitrogens with one attached hydrogen (secondary N) is 1. The third-order valence-corrected chi connectivity index (χ3v) is 4.43. The lowest BCUT2D eigenvalue weighted by molar-refractivity contribution is 0.264. The van der Waals surface area contributed by atoms with Gasteiger partial charge in [0, 0.05) is 23.7 Å². The van der Waals surface area contributed by atoms with Crippen LogP contribution in [0.15, 0.2) is 67.2 Å². The first kappa shape index (κ1) is 21.1.